The van der Waals surface area contributed by atoms with Crippen LogP contribution in [0.2, 0.25) is 0 Å². The van der Waals surface area contributed by atoms with Crippen LogP contribution in [-0.4, -0.2) is 0 Å². The molecule has 0 aromatic heterocycles. The van der Waals surface area contributed by atoms with Crippen LogP contribution in [0.5, 0.6) is 0 Å². The highest BCUT2D eigenvalue weighted by Crippen LogP contribution is 2.18. The van der Waals surface area contributed by atoms with Crippen LogP contribution >= 0.6 is 0 Å². The summed E-state index contributed by atoms with van der Waals surface area (Å²) in [5.74, 6) is -0.934. The van der Waals surface area contributed by atoms with Crippen molar-refractivity contribution >= 4 is 0 Å². The number of hydrogen-bond donors (Lipinski definition) is 0. The Labute approximate surface area is 78.6 Å². The van der Waals surface area contributed by atoms with Crippen LogP contribution in [0.4, 0.5) is 8.78 Å². The smallest absolute Gasteiger partial charge is 0.129 e. The number of halogens is 2. The van der Waals surface area contributed by atoms with Crippen LogP contribution in [-0.2, 0) is 0 Å². The number of hydrogen-bond acceptors (Lipinski definition) is 0. The monoisotopic (exact) mass is 186 g/mol. The highest BCUT2D eigenvalue weighted by Gasteiger charge is 2.07. The quantitative estimate of drug-likeness (QED) is 0.576. The van der Waals surface area contributed by atoms with Crippen LogP contribution in [0.1, 0.15) is 30.5 Å². The second kappa shape index (κ2) is 4.95. The Morgan fingerprint density at radius 1 is 0.769 bits per heavy atom. The molecule has 0 fully saturated rings. The first-order chi connectivity index (χ1) is 6.04. The summed E-state index contributed by atoms with van der Waals surface area (Å²) in [6, 6.07) is 0.928. The summed E-state index contributed by atoms with van der Waals surface area (Å²) in [5.41, 5.74) is 1.76. The zero-order valence-corrected chi connectivity index (χ0v) is 8.83. The summed E-state index contributed by atoms with van der Waals surface area (Å²) >= 11 is 0. The van der Waals surface area contributed by atoms with Gasteiger partial charge in [0.25, 0.3) is 0 Å². The van der Waals surface area contributed by atoms with Gasteiger partial charge in [0.2, 0.25) is 0 Å². The number of rotatable bonds is 0. The van der Waals surface area contributed by atoms with E-state index in [1.54, 1.807) is 20.8 Å². The first-order valence-corrected chi connectivity index (χ1v) is 4.46. The molecule has 0 aliphatic heterocycles. The largest absolute Gasteiger partial charge is 0.207 e. The molecule has 1 rings (SSSR count). The van der Waals surface area contributed by atoms with Crippen molar-refractivity contribution in [2.45, 2.75) is 34.6 Å². The summed E-state index contributed by atoms with van der Waals surface area (Å²) in [6.45, 7) is 9.02. The van der Waals surface area contributed by atoms with Gasteiger partial charge in [0.15, 0.2) is 0 Å². The Kier molecular flexibility index (Phi) is 4.60. The molecule has 1 aromatic rings. The molecule has 0 N–H and O–H groups in total. The van der Waals surface area contributed by atoms with Crippen molar-refractivity contribution in [2.75, 3.05) is 0 Å². The van der Waals surface area contributed by atoms with Gasteiger partial charge < -0.3 is 0 Å². The van der Waals surface area contributed by atoms with Gasteiger partial charge in [0.05, 0.1) is 0 Å². The summed E-state index contributed by atoms with van der Waals surface area (Å²) in [5, 5.41) is 0. The third kappa shape index (κ3) is 2.51. The van der Waals surface area contributed by atoms with Crippen LogP contribution in [0, 0.1) is 32.4 Å². The lowest BCUT2D eigenvalue weighted by molar-refractivity contribution is 0.569. The Morgan fingerprint density at radius 3 is 1.38 bits per heavy atom. The molecule has 0 nitrogen and oxygen atoms in total. The molecule has 0 aliphatic carbocycles. The second-order valence-electron chi connectivity index (χ2n) is 2.72. The first kappa shape index (κ1) is 12.1. The fourth-order valence-electron chi connectivity index (χ4n) is 0.967. The van der Waals surface area contributed by atoms with Crippen LogP contribution in [0.3, 0.4) is 0 Å². The minimum atomic E-state index is -0.467. The molecule has 0 saturated carbocycles. The highest BCUT2D eigenvalue weighted by atomic mass is 19.1. The molecule has 0 radical (unpaired) electrons. The molecular formula is C11H16F2. The van der Waals surface area contributed by atoms with Gasteiger partial charge in [-0.1, -0.05) is 13.8 Å². The summed E-state index contributed by atoms with van der Waals surface area (Å²) in [6.07, 6.45) is 0. The predicted octanol–water partition coefficient (Wildman–Crippen LogP) is 3.92. The zero-order valence-electron chi connectivity index (χ0n) is 8.83. The van der Waals surface area contributed by atoms with Crippen LogP contribution in [0.25, 0.3) is 0 Å². The van der Waals surface area contributed by atoms with Gasteiger partial charge in [0.1, 0.15) is 11.6 Å². The van der Waals surface area contributed by atoms with Gasteiger partial charge in [-0.05, 0) is 37.5 Å². The van der Waals surface area contributed by atoms with Crippen molar-refractivity contribution in [1.82, 2.24) is 0 Å². The lowest BCUT2D eigenvalue weighted by atomic mass is 10.0. The topological polar surface area (TPSA) is 0 Å². The van der Waals surface area contributed by atoms with E-state index in [0.717, 1.165) is 6.07 Å². The van der Waals surface area contributed by atoms with Crippen molar-refractivity contribution < 1.29 is 8.78 Å². The summed E-state index contributed by atoms with van der Waals surface area (Å²) in [4.78, 5) is 0. The van der Waals surface area contributed by atoms with Crippen molar-refractivity contribution in [3.05, 3.63) is 34.4 Å². The highest BCUT2D eigenvalue weighted by molar-refractivity contribution is 5.34. The summed E-state index contributed by atoms with van der Waals surface area (Å²) in [7, 11) is 0. The molecule has 0 heterocycles. The fraction of sp³-hybridized carbons (Fsp3) is 0.455. The maximum Gasteiger partial charge on any atom is 0.129 e. The van der Waals surface area contributed by atoms with Gasteiger partial charge >= 0.3 is 0 Å². The van der Waals surface area contributed by atoms with E-state index in [-0.39, 0.29) is 0 Å². The Bertz CT molecular complexity index is 264. The molecule has 1 aromatic carbocycles. The van der Waals surface area contributed by atoms with E-state index < -0.39 is 11.6 Å². The van der Waals surface area contributed by atoms with E-state index in [9.17, 15) is 8.78 Å². The lowest BCUT2D eigenvalue weighted by Crippen LogP contribution is -1.94. The third-order valence-electron chi connectivity index (χ3n) is 2.09. The number of benzene rings is 1. The van der Waals surface area contributed by atoms with Crippen molar-refractivity contribution in [1.29, 1.82) is 0 Å². The normalized spacial score (nSPS) is 9.15. The SMILES string of the molecule is CC.Cc1c(F)cc(F)c(C)c1C. The average molecular weight is 186 g/mol. The minimum Gasteiger partial charge on any atom is -0.207 e. The third-order valence-corrected chi connectivity index (χ3v) is 2.09. The second-order valence-corrected chi connectivity index (χ2v) is 2.72. The Morgan fingerprint density at radius 2 is 1.08 bits per heavy atom. The van der Waals surface area contributed by atoms with Gasteiger partial charge in [-0.3, -0.25) is 0 Å². The van der Waals surface area contributed by atoms with Crippen molar-refractivity contribution in [3.63, 3.8) is 0 Å². The van der Waals surface area contributed by atoms with Gasteiger partial charge in [-0.15, -0.1) is 0 Å². The molecule has 74 valence electrons. The van der Waals surface area contributed by atoms with E-state index >= 15 is 0 Å². The molecule has 0 unspecified atom stereocenters. The molecule has 0 spiro atoms. The minimum absolute atomic E-state index is 0.467. The Balaban J connectivity index is 0.000000671. The van der Waals surface area contributed by atoms with Gasteiger partial charge in [-0.2, -0.15) is 0 Å². The molecule has 0 aliphatic rings. The molecular weight excluding hydrogens is 170 g/mol. The van der Waals surface area contributed by atoms with Gasteiger partial charge in [0, 0.05) is 6.07 Å². The fourth-order valence-corrected chi connectivity index (χ4v) is 0.967. The summed E-state index contributed by atoms with van der Waals surface area (Å²) < 4.78 is 25.6. The maximum absolute atomic E-state index is 12.8. The first-order valence-electron chi connectivity index (χ1n) is 4.46. The van der Waals surface area contributed by atoms with Crippen molar-refractivity contribution in [3.8, 4) is 0 Å². The standard InChI is InChI=1S/C9H10F2.C2H6/c1-5-6(2)8(10)4-9(11)7(5)3;1-2/h4H,1-3H3;1-2H3. The predicted molar refractivity (Wildman–Crippen MR) is 51.9 cm³/mol. The molecule has 0 amide bonds. The van der Waals surface area contributed by atoms with Crippen LogP contribution in [0.15, 0.2) is 6.07 Å². The van der Waals surface area contributed by atoms with Crippen molar-refractivity contribution in [2.24, 2.45) is 0 Å². The van der Waals surface area contributed by atoms with Crippen LogP contribution < -0.4 is 0 Å². The van der Waals surface area contributed by atoms with Gasteiger partial charge in [-0.25, -0.2) is 8.78 Å². The van der Waals surface area contributed by atoms with E-state index in [0.29, 0.717) is 16.7 Å². The molecule has 13 heavy (non-hydrogen) atoms. The Hall–Kier alpha value is -0.920. The zero-order chi connectivity index (χ0) is 10.6. The van der Waals surface area contributed by atoms with E-state index in [1.165, 1.54) is 0 Å². The van der Waals surface area contributed by atoms with E-state index in [1.807, 2.05) is 13.8 Å². The molecule has 0 saturated heterocycles. The molecule has 2 heteroatoms. The average Bonchev–Trinajstić information content (AvgIpc) is 2.15. The lowest BCUT2D eigenvalue weighted by Gasteiger charge is -2.05. The molecule has 0 atom stereocenters. The maximum atomic E-state index is 12.8. The molecule has 0 bridgehead atoms. The van der Waals surface area contributed by atoms with E-state index in [4.69, 9.17) is 0 Å². The van der Waals surface area contributed by atoms with E-state index in [2.05, 4.69) is 0 Å².